The van der Waals surface area contributed by atoms with Crippen LogP contribution in [0, 0.1) is 5.82 Å². The normalized spacial score (nSPS) is 10.8. The number of rotatable bonds is 5. The summed E-state index contributed by atoms with van der Waals surface area (Å²) in [6, 6.07) is 4.20. The minimum atomic E-state index is -0.593. The molecule has 5 heteroatoms. The maximum atomic E-state index is 13.7. The summed E-state index contributed by atoms with van der Waals surface area (Å²) in [5, 5.41) is 0.136. The van der Waals surface area contributed by atoms with Crippen molar-refractivity contribution in [3.05, 3.63) is 34.6 Å². The lowest BCUT2D eigenvalue weighted by Gasteiger charge is -2.27. The van der Waals surface area contributed by atoms with E-state index in [0.29, 0.717) is 18.8 Å². The summed E-state index contributed by atoms with van der Waals surface area (Å²) in [7, 11) is 0. The summed E-state index contributed by atoms with van der Waals surface area (Å²) in [4.78, 5) is 13.9. The lowest BCUT2D eigenvalue weighted by Crippen LogP contribution is -2.38. The fourth-order valence-corrected chi connectivity index (χ4v) is 2.03. The molecule has 2 nitrogen and oxygen atoms in total. The van der Waals surface area contributed by atoms with Gasteiger partial charge in [0.25, 0.3) is 5.91 Å². The Labute approximate surface area is 117 Å². The van der Waals surface area contributed by atoms with E-state index in [4.69, 9.17) is 23.2 Å². The molecule has 0 aliphatic rings. The van der Waals surface area contributed by atoms with Crippen LogP contribution in [0.15, 0.2) is 18.2 Å². The zero-order valence-electron chi connectivity index (χ0n) is 10.4. The largest absolute Gasteiger partial charge is 0.336 e. The smallest absolute Gasteiger partial charge is 0.258 e. The second kappa shape index (κ2) is 6.95. The molecule has 0 N–H and O–H groups in total. The molecule has 1 aromatic rings. The Bertz CT molecular complexity index is 403. The van der Waals surface area contributed by atoms with E-state index in [1.807, 2.05) is 13.8 Å². The molecule has 0 radical (unpaired) electrons. The highest BCUT2D eigenvalue weighted by molar-refractivity contribution is 6.33. The van der Waals surface area contributed by atoms with Crippen LogP contribution in [-0.2, 0) is 0 Å². The quantitative estimate of drug-likeness (QED) is 0.752. The van der Waals surface area contributed by atoms with Crippen LogP contribution in [0.25, 0.3) is 0 Å². The van der Waals surface area contributed by atoms with Gasteiger partial charge in [-0.3, -0.25) is 4.79 Å². The molecule has 0 atom stereocenters. The Kier molecular flexibility index (Phi) is 5.89. The van der Waals surface area contributed by atoms with E-state index >= 15 is 0 Å². The number of amides is 1. The van der Waals surface area contributed by atoms with E-state index in [2.05, 4.69) is 0 Å². The average molecular weight is 292 g/mol. The second-order valence-electron chi connectivity index (χ2n) is 4.23. The van der Waals surface area contributed by atoms with Crippen LogP contribution in [0.2, 0.25) is 5.02 Å². The molecule has 0 fully saturated rings. The van der Waals surface area contributed by atoms with Gasteiger partial charge in [-0.25, -0.2) is 4.39 Å². The standard InChI is InChI=1S/C13H16Cl2FNO/c1-9(2)17(8-4-7-14)13(18)12-10(15)5-3-6-11(12)16/h3,5-6,9H,4,7-8H2,1-2H3. The van der Waals surface area contributed by atoms with Crippen LogP contribution in [0.1, 0.15) is 30.6 Å². The zero-order chi connectivity index (χ0) is 13.7. The first-order valence-electron chi connectivity index (χ1n) is 5.80. The molecule has 0 saturated heterocycles. The van der Waals surface area contributed by atoms with Crippen LogP contribution in [-0.4, -0.2) is 29.3 Å². The van der Waals surface area contributed by atoms with Crippen LogP contribution >= 0.6 is 23.2 Å². The van der Waals surface area contributed by atoms with Crippen molar-refractivity contribution in [1.82, 2.24) is 4.90 Å². The van der Waals surface area contributed by atoms with Crippen LogP contribution in [0.4, 0.5) is 4.39 Å². The van der Waals surface area contributed by atoms with Gasteiger partial charge < -0.3 is 4.90 Å². The van der Waals surface area contributed by atoms with Gasteiger partial charge in [-0.15, -0.1) is 11.6 Å². The highest BCUT2D eigenvalue weighted by Gasteiger charge is 2.23. The van der Waals surface area contributed by atoms with Gasteiger partial charge in [-0.1, -0.05) is 17.7 Å². The fraction of sp³-hybridized carbons (Fsp3) is 0.462. The molecular formula is C13H16Cl2FNO. The molecule has 0 bridgehead atoms. The SMILES string of the molecule is CC(C)N(CCCCl)C(=O)c1c(F)cccc1Cl. The Balaban J connectivity index is 3.02. The highest BCUT2D eigenvalue weighted by atomic mass is 35.5. The van der Waals surface area contributed by atoms with Crippen LogP contribution in [0.3, 0.4) is 0 Å². The maximum Gasteiger partial charge on any atom is 0.258 e. The lowest BCUT2D eigenvalue weighted by atomic mass is 10.1. The first-order chi connectivity index (χ1) is 8.49. The van der Waals surface area contributed by atoms with Gasteiger partial charge in [0.1, 0.15) is 5.82 Å². The third-order valence-corrected chi connectivity index (χ3v) is 3.18. The van der Waals surface area contributed by atoms with Crippen molar-refractivity contribution in [3.8, 4) is 0 Å². The average Bonchev–Trinajstić information content (AvgIpc) is 2.28. The summed E-state index contributed by atoms with van der Waals surface area (Å²) in [6.07, 6.45) is 0.664. The highest BCUT2D eigenvalue weighted by Crippen LogP contribution is 2.21. The third kappa shape index (κ3) is 3.59. The molecular weight excluding hydrogens is 276 g/mol. The minimum Gasteiger partial charge on any atom is -0.336 e. The molecule has 0 aliphatic carbocycles. The summed E-state index contributed by atoms with van der Waals surface area (Å²) >= 11 is 11.5. The van der Waals surface area contributed by atoms with E-state index in [1.165, 1.54) is 18.2 Å². The lowest BCUT2D eigenvalue weighted by molar-refractivity contribution is 0.0702. The molecule has 0 saturated carbocycles. The molecule has 0 unspecified atom stereocenters. The number of halogens is 3. The molecule has 1 rings (SSSR count). The summed E-state index contributed by atoms with van der Waals surface area (Å²) < 4.78 is 13.7. The number of nitrogens with zero attached hydrogens (tertiary/aromatic N) is 1. The van der Waals surface area contributed by atoms with Crippen molar-refractivity contribution in [2.45, 2.75) is 26.3 Å². The Morgan fingerprint density at radius 1 is 1.44 bits per heavy atom. The van der Waals surface area contributed by atoms with Gasteiger partial charge in [-0.05, 0) is 32.4 Å². The van der Waals surface area contributed by atoms with Gasteiger partial charge >= 0.3 is 0 Å². The van der Waals surface area contributed by atoms with Crippen molar-refractivity contribution in [3.63, 3.8) is 0 Å². The molecule has 1 aromatic carbocycles. The molecule has 0 spiro atoms. The molecule has 100 valence electrons. The summed E-state index contributed by atoms with van der Waals surface area (Å²) in [5.41, 5.74) is -0.0672. The van der Waals surface area contributed by atoms with Crippen molar-refractivity contribution in [1.29, 1.82) is 0 Å². The van der Waals surface area contributed by atoms with E-state index < -0.39 is 11.7 Å². The topological polar surface area (TPSA) is 20.3 Å². The van der Waals surface area contributed by atoms with Crippen LogP contribution < -0.4 is 0 Å². The van der Waals surface area contributed by atoms with Gasteiger partial charge in [0.15, 0.2) is 0 Å². The predicted molar refractivity (Wildman–Crippen MR) is 72.9 cm³/mol. The van der Waals surface area contributed by atoms with Crippen molar-refractivity contribution >= 4 is 29.1 Å². The molecule has 0 aliphatic heterocycles. The Hall–Kier alpha value is -0.800. The predicted octanol–water partition coefficient (Wildman–Crippen LogP) is 3.96. The third-order valence-electron chi connectivity index (χ3n) is 2.59. The summed E-state index contributed by atoms with van der Waals surface area (Å²) in [6.45, 7) is 4.24. The van der Waals surface area contributed by atoms with Crippen molar-refractivity contribution < 1.29 is 9.18 Å². The Morgan fingerprint density at radius 3 is 2.61 bits per heavy atom. The molecule has 0 aromatic heterocycles. The number of hydrogen-bond donors (Lipinski definition) is 0. The number of benzene rings is 1. The Morgan fingerprint density at radius 2 is 2.11 bits per heavy atom. The number of alkyl halides is 1. The minimum absolute atomic E-state index is 0.0311. The van der Waals surface area contributed by atoms with Gasteiger partial charge in [0.05, 0.1) is 10.6 Å². The maximum absolute atomic E-state index is 13.7. The summed E-state index contributed by atoms with van der Waals surface area (Å²) in [5.74, 6) is -0.524. The van der Waals surface area contributed by atoms with Crippen LogP contribution in [0.5, 0.6) is 0 Å². The van der Waals surface area contributed by atoms with Crippen molar-refractivity contribution in [2.75, 3.05) is 12.4 Å². The molecule has 18 heavy (non-hydrogen) atoms. The number of carbonyl (C=O) groups is 1. The number of hydrogen-bond acceptors (Lipinski definition) is 1. The van der Waals surface area contributed by atoms with Crippen molar-refractivity contribution in [2.24, 2.45) is 0 Å². The zero-order valence-corrected chi connectivity index (χ0v) is 11.9. The van der Waals surface area contributed by atoms with E-state index in [9.17, 15) is 9.18 Å². The van der Waals surface area contributed by atoms with E-state index in [-0.39, 0.29) is 16.6 Å². The first-order valence-corrected chi connectivity index (χ1v) is 6.71. The van der Waals surface area contributed by atoms with E-state index in [0.717, 1.165) is 0 Å². The number of carbonyl (C=O) groups excluding carboxylic acids is 1. The van der Waals surface area contributed by atoms with Gasteiger partial charge in [0.2, 0.25) is 0 Å². The second-order valence-corrected chi connectivity index (χ2v) is 5.02. The molecule has 1 amide bonds. The first kappa shape index (κ1) is 15.3. The van der Waals surface area contributed by atoms with Gasteiger partial charge in [0, 0.05) is 18.5 Å². The fourth-order valence-electron chi connectivity index (χ4n) is 1.67. The monoisotopic (exact) mass is 291 g/mol. The molecule has 0 heterocycles. The van der Waals surface area contributed by atoms with Gasteiger partial charge in [-0.2, -0.15) is 0 Å². The van der Waals surface area contributed by atoms with E-state index in [1.54, 1.807) is 4.90 Å².